The molecule has 1 saturated heterocycles. The molecule has 8 nitrogen and oxygen atoms in total. The number of nitrogens with one attached hydrogen (secondary N) is 1. The molecule has 2 heterocycles. The lowest BCUT2D eigenvalue weighted by Crippen LogP contribution is -2.49. The van der Waals surface area contributed by atoms with Crippen LogP contribution in [0.4, 0.5) is 11.8 Å². The smallest absolute Gasteiger partial charge is 0.254 e. The quantitative estimate of drug-likeness (QED) is 0.816. The van der Waals surface area contributed by atoms with Gasteiger partial charge >= 0.3 is 0 Å². The fourth-order valence-corrected chi connectivity index (χ4v) is 3.19. The molecule has 0 spiro atoms. The first kappa shape index (κ1) is 19.7. The fourth-order valence-electron chi connectivity index (χ4n) is 3.19. The topological polar surface area (TPSA) is 79.8 Å². The molecule has 1 fully saturated rings. The van der Waals surface area contributed by atoms with Crippen LogP contribution in [0.2, 0.25) is 0 Å². The van der Waals surface area contributed by atoms with E-state index in [0.717, 1.165) is 18.1 Å². The first-order valence-electron chi connectivity index (χ1n) is 9.41. The maximum atomic E-state index is 12.9. The Bertz CT molecular complexity index is 812. The van der Waals surface area contributed by atoms with Crippen molar-refractivity contribution in [3.63, 3.8) is 0 Å². The summed E-state index contributed by atoms with van der Waals surface area (Å²) in [6, 6.07) is 7.17. The van der Waals surface area contributed by atoms with Crippen LogP contribution in [-0.4, -0.2) is 67.7 Å². The zero-order valence-corrected chi connectivity index (χ0v) is 16.9. The van der Waals surface area contributed by atoms with Gasteiger partial charge in [0.15, 0.2) is 0 Å². The number of hydrogen-bond acceptors (Lipinski definition) is 7. The molecular formula is C20H27N5O3. The molecule has 1 aliphatic rings. The maximum absolute atomic E-state index is 12.9. The number of amides is 1. The van der Waals surface area contributed by atoms with Gasteiger partial charge < -0.3 is 24.6 Å². The molecule has 1 aromatic heterocycles. The molecule has 2 aromatic rings. The second-order valence-electron chi connectivity index (χ2n) is 6.61. The number of aryl methyl sites for hydroxylation is 1. The summed E-state index contributed by atoms with van der Waals surface area (Å²) >= 11 is 0. The van der Waals surface area contributed by atoms with Crippen LogP contribution in [0.3, 0.4) is 0 Å². The van der Waals surface area contributed by atoms with Gasteiger partial charge in [0.25, 0.3) is 5.91 Å². The standard InChI is InChI=1S/C20H27N5O3/c1-5-21-18-10-14(2)22-20(23-18)25-8-6-24(7-9-25)19(26)15-11-16(27-3)13-17(12-15)28-4/h10-13H,5-9H2,1-4H3,(H,21,22,23). The van der Waals surface area contributed by atoms with Gasteiger partial charge in [0.05, 0.1) is 14.2 Å². The molecule has 0 atom stereocenters. The van der Waals surface area contributed by atoms with Crippen LogP contribution in [0, 0.1) is 6.92 Å². The highest BCUT2D eigenvalue weighted by Gasteiger charge is 2.24. The molecule has 3 rings (SSSR count). The molecule has 1 N–H and O–H groups in total. The van der Waals surface area contributed by atoms with Gasteiger partial charge in [-0.1, -0.05) is 0 Å². The van der Waals surface area contributed by atoms with Gasteiger partial charge in [-0.05, 0) is 26.0 Å². The van der Waals surface area contributed by atoms with Crippen LogP contribution in [-0.2, 0) is 0 Å². The van der Waals surface area contributed by atoms with Gasteiger partial charge in [-0.25, -0.2) is 4.98 Å². The van der Waals surface area contributed by atoms with Crippen molar-refractivity contribution in [1.29, 1.82) is 0 Å². The second kappa shape index (κ2) is 8.77. The van der Waals surface area contributed by atoms with Gasteiger partial charge in [-0.2, -0.15) is 4.98 Å². The molecule has 0 aliphatic carbocycles. The van der Waals surface area contributed by atoms with E-state index < -0.39 is 0 Å². The van der Waals surface area contributed by atoms with E-state index in [0.29, 0.717) is 49.2 Å². The van der Waals surface area contributed by atoms with Crippen LogP contribution in [0.5, 0.6) is 11.5 Å². The number of benzene rings is 1. The zero-order chi connectivity index (χ0) is 20.1. The van der Waals surface area contributed by atoms with Crippen LogP contribution in [0.15, 0.2) is 24.3 Å². The van der Waals surface area contributed by atoms with Crippen molar-refractivity contribution in [2.75, 3.05) is 57.2 Å². The predicted octanol–water partition coefficient (Wildman–Crippen LogP) is 2.20. The average Bonchev–Trinajstić information content (AvgIpc) is 2.72. The highest BCUT2D eigenvalue weighted by molar-refractivity contribution is 5.95. The van der Waals surface area contributed by atoms with E-state index in [1.807, 2.05) is 24.8 Å². The SMILES string of the molecule is CCNc1cc(C)nc(N2CCN(C(=O)c3cc(OC)cc(OC)c3)CC2)n1. The van der Waals surface area contributed by atoms with E-state index in [4.69, 9.17) is 9.47 Å². The van der Waals surface area contributed by atoms with Crippen molar-refractivity contribution in [3.05, 3.63) is 35.5 Å². The van der Waals surface area contributed by atoms with Gasteiger partial charge in [0.1, 0.15) is 17.3 Å². The molecule has 1 aromatic carbocycles. The third-order valence-electron chi connectivity index (χ3n) is 4.65. The molecule has 0 radical (unpaired) electrons. The number of ether oxygens (including phenoxy) is 2. The number of nitrogens with zero attached hydrogens (tertiary/aromatic N) is 4. The lowest BCUT2D eigenvalue weighted by atomic mass is 10.1. The summed E-state index contributed by atoms with van der Waals surface area (Å²) < 4.78 is 10.5. The Balaban J connectivity index is 1.69. The molecular weight excluding hydrogens is 358 g/mol. The third-order valence-corrected chi connectivity index (χ3v) is 4.65. The summed E-state index contributed by atoms with van der Waals surface area (Å²) in [5, 5.41) is 3.23. The first-order valence-corrected chi connectivity index (χ1v) is 9.41. The summed E-state index contributed by atoms with van der Waals surface area (Å²) in [6.07, 6.45) is 0. The van der Waals surface area contributed by atoms with E-state index in [1.165, 1.54) is 0 Å². The number of piperazine rings is 1. The van der Waals surface area contributed by atoms with Crippen LogP contribution in [0.1, 0.15) is 23.0 Å². The van der Waals surface area contributed by atoms with Gasteiger partial charge in [-0.3, -0.25) is 4.79 Å². The number of carbonyl (C=O) groups excluding carboxylic acids is 1. The Morgan fingerprint density at radius 2 is 1.68 bits per heavy atom. The van der Waals surface area contributed by atoms with E-state index in [2.05, 4.69) is 20.2 Å². The van der Waals surface area contributed by atoms with E-state index in [-0.39, 0.29) is 5.91 Å². The van der Waals surface area contributed by atoms with E-state index >= 15 is 0 Å². The second-order valence-corrected chi connectivity index (χ2v) is 6.61. The monoisotopic (exact) mass is 385 g/mol. The molecule has 1 amide bonds. The van der Waals surface area contributed by atoms with Crippen molar-refractivity contribution in [2.24, 2.45) is 0 Å². The molecule has 0 bridgehead atoms. The Morgan fingerprint density at radius 1 is 1.04 bits per heavy atom. The molecule has 0 unspecified atom stereocenters. The summed E-state index contributed by atoms with van der Waals surface area (Å²) in [5.41, 5.74) is 1.48. The van der Waals surface area contributed by atoms with E-state index in [9.17, 15) is 4.79 Å². The maximum Gasteiger partial charge on any atom is 0.254 e. The highest BCUT2D eigenvalue weighted by atomic mass is 16.5. The number of anilines is 2. The molecule has 1 aliphatic heterocycles. The Labute approximate surface area is 165 Å². The van der Waals surface area contributed by atoms with Gasteiger partial charge in [0.2, 0.25) is 5.95 Å². The summed E-state index contributed by atoms with van der Waals surface area (Å²) in [6.45, 7) is 7.38. The Morgan fingerprint density at radius 3 is 2.25 bits per heavy atom. The molecule has 28 heavy (non-hydrogen) atoms. The number of carbonyl (C=O) groups is 1. The normalized spacial score (nSPS) is 14.0. The first-order chi connectivity index (χ1) is 13.5. The minimum Gasteiger partial charge on any atom is -0.497 e. The average molecular weight is 385 g/mol. The lowest BCUT2D eigenvalue weighted by Gasteiger charge is -2.35. The fraction of sp³-hybridized carbons (Fsp3) is 0.450. The van der Waals surface area contributed by atoms with Gasteiger partial charge in [-0.15, -0.1) is 0 Å². The van der Waals surface area contributed by atoms with Crippen LogP contribution < -0.4 is 19.7 Å². The van der Waals surface area contributed by atoms with Crippen molar-refractivity contribution >= 4 is 17.7 Å². The highest BCUT2D eigenvalue weighted by Crippen LogP contribution is 2.24. The number of rotatable bonds is 6. The molecule has 150 valence electrons. The van der Waals surface area contributed by atoms with Crippen molar-refractivity contribution in [1.82, 2.24) is 14.9 Å². The molecule has 8 heteroatoms. The minimum atomic E-state index is -0.0321. The van der Waals surface area contributed by atoms with Crippen molar-refractivity contribution in [2.45, 2.75) is 13.8 Å². The largest absolute Gasteiger partial charge is 0.497 e. The third kappa shape index (κ3) is 4.44. The zero-order valence-electron chi connectivity index (χ0n) is 16.9. The predicted molar refractivity (Wildman–Crippen MR) is 109 cm³/mol. The minimum absolute atomic E-state index is 0.0321. The lowest BCUT2D eigenvalue weighted by molar-refractivity contribution is 0.0745. The summed E-state index contributed by atoms with van der Waals surface area (Å²) in [5.74, 6) is 2.70. The number of aromatic nitrogens is 2. The van der Waals surface area contributed by atoms with Crippen molar-refractivity contribution in [3.8, 4) is 11.5 Å². The van der Waals surface area contributed by atoms with Crippen LogP contribution >= 0.6 is 0 Å². The van der Waals surface area contributed by atoms with E-state index in [1.54, 1.807) is 32.4 Å². The summed E-state index contributed by atoms with van der Waals surface area (Å²) in [4.78, 5) is 26.0. The number of methoxy groups -OCH3 is 2. The Kier molecular flexibility index (Phi) is 6.18. The van der Waals surface area contributed by atoms with Crippen molar-refractivity contribution < 1.29 is 14.3 Å². The Hall–Kier alpha value is -3.03. The van der Waals surface area contributed by atoms with Gasteiger partial charge in [0, 0.05) is 56.1 Å². The molecule has 0 saturated carbocycles. The summed E-state index contributed by atoms with van der Waals surface area (Å²) in [7, 11) is 3.15. The number of hydrogen-bond donors (Lipinski definition) is 1. The van der Waals surface area contributed by atoms with Crippen LogP contribution in [0.25, 0.3) is 0 Å².